The molecule has 0 aliphatic heterocycles. The maximum absolute atomic E-state index is 14.1. The molecule has 250 valence electrons. The zero-order valence-corrected chi connectivity index (χ0v) is 28.7. The first-order valence-electron chi connectivity index (χ1n) is 16.6. The summed E-state index contributed by atoms with van der Waals surface area (Å²) in [5.41, 5.74) is 3.62. The number of nitrogens with zero attached hydrogens (tertiary/aromatic N) is 3. The molecule has 1 heterocycles. The molecule has 0 radical (unpaired) electrons. The first-order chi connectivity index (χ1) is 21.2. The predicted octanol–water partition coefficient (Wildman–Crippen LogP) is 7.36. The van der Waals surface area contributed by atoms with Gasteiger partial charge in [-0.15, -0.1) is 12.4 Å². The molecular formula is C36H53ClFN3O4. The third kappa shape index (κ3) is 8.99. The number of fused-ring (bicyclic) bond motifs is 2. The molecule has 0 fully saturated rings. The number of esters is 1. The smallest absolute Gasteiger partial charge is 0.332 e. The Labute approximate surface area is 274 Å². The second kappa shape index (κ2) is 17.3. The van der Waals surface area contributed by atoms with E-state index in [0.29, 0.717) is 19.3 Å². The fourth-order valence-corrected chi connectivity index (χ4v) is 7.18. The molecule has 0 saturated heterocycles. The van der Waals surface area contributed by atoms with Crippen molar-refractivity contribution in [2.45, 2.75) is 103 Å². The fraction of sp³-hybridized carbons (Fsp3) is 0.611. The van der Waals surface area contributed by atoms with Crippen molar-refractivity contribution in [3.8, 4) is 0 Å². The van der Waals surface area contributed by atoms with Crippen LogP contribution in [-0.4, -0.2) is 59.5 Å². The molecule has 4 rings (SSSR count). The molecule has 45 heavy (non-hydrogen) atoms. The van der Waals surface area contributed by atoms with Crippen LogP contribution in [0.15, 0.2) is 47.3 Å². The van der Waals surface area contributed by atoms with Crippen molar-refractivity contribution < 1.29 is 18.7 Å². The van der Waals surface area contributed by atoms with Crippen LogP contribution in [0.1, 0.15) is 89.2 Å². The second-order valence-corrected chi connectivity index (χ2v) is 12.9. The molecule has 1 aliphatic carbocycles. The van der Waals surface area contributed by atoms with Crippen molar-refractivity contribution in [3.63, 3.8) is 0 Å². The van der Waals surface area contributed by atoms with Crippen LogP contribution in [0.2, 0.25) is 0 Å². The standard InChI is InChI=1S/C36H52FN3O4.ClH/c1-6-7-22-39-31-14-10-11-15-32(31)40(35(39)42)23-13-9-8-12-21-38(4)24-20-36(44-33(41)26-43-5)19-18-28-25-29(37)16-17-30(28)34(36)27(2)3;/h10-11,14-17,25,27,34H,6-9,12-13,18-24,26H2,1-5H3;1H/t34-,36-;/m0./s1. The maximum atomic E-state index is 14.1. The summed E-state index contributed by atoms with van der Waals surface area (Å²) < 4.78 is 29.3. The van der Waals surface area contributed by atoms with Crippen LogP contribution in [-0.2, 0) is 33.8 Å². The number of benzene rings is 2. The van der Waals surface area contributed by atoms with E-state index in [1.807, 2.05) is 27.3 Å². The summed E-state index contributed by atoms with van der Waals surface area (Å²) in [7, 11) is 3.64. The molecule has 1 aromatic heterocycles. The average Bonchev–Trinajstić information content (AvgIpc) is 3.26. The Morgan fingerprint density at radius 1 is 1.02 bits per heavy atom. The fourth-order valence-electron chi connectivity index (χ4n) is 7.18. The third-order valence-corrected chi connectivity index (χ3v) is 9.32. The molecule has 0 saturated carbocycles. The number of carbonyl (C=O) groups excluding carboxylic acids is 1. The van der Waals surface area contributed by atoms with Gasteiger partial charge in [0.15, 0.2) is 0 Å². The van der Waals surface area contributed by atoms with Crippen molar-refractivity contribution in [2.75, 3.05) is 33.9 Å². The number of halogens is 2. The van der Waals surface area contributed by atoms with Crippen LogP contribution < -0.4 is 5.69 Å². The number of aromatic nitrogens is 2. The number of hydrogen-bond acceptors (Lipinski definition) is 5. The number of ether oxygens (including phenoxy) is 2. The highest BCUT2D eigenvalue weighted by atomic mass is 35.5. The Morgan fingerprint density at radius 2 is 1.69 bits per heavy atom. The molecule has 3 aromatic rings. The molecule has 2 aromatic carbocycles. The quantitative estimate of drug-likeness (QED) is 0.113. The number of methoxy groups -OCH3 is 1. The van der Waals surface area contributed by atoms with E-state index in [-0.39, 0.29) is 48.3 Å². The van der Waals surface area contributed by atoms with E-state index in [1.54, 1.807) is 6.07 Å². The van der Waals surface area contributed by atoms with Gasteiger partial charge in [-0.1, -0.05) is 58.2 Å². The molecule has 0 bridgehead atoms. The summed E-state index contributed by atoms with van der Waals surface area (Å²) in [5, 5.41) is 0. The lowest BCUT2D eigenvalue weighted by atomic mass is 9.65. The predicted molar refractivity (Wildman–Crippen MR) is 182 cm³/mol. The Hall–Kier alpha value is -2.68. The molecule has 9 heteroatoms. The van der Waals surface area contributed by atoms with Gasteiger partial charge in [0.1, 0.15) is 18.0 Å². The van der Waals surface area contributed by atoms with E-state index in [2.05, 4.69) is 44.9 Å². The minimum atomic E-state index is -0.660. The number of aryl methyl sites for hydroxylation is 3. The lowest BCUT2D eigenvalue weighted by molar-refractivity contribution is -0.172. The van der Waals surface area contributed by atoms with Gasteiger partial charge in [0.2, 0.25) is 0 Å². The summed E-state index contributed by atoms with van der Waals surface area (Å²) in [5.74, 6) is -0.370. The van der Waals surface area contributed by atoms with Gasteiger partial charge in [0, 0.05) is 39.1 Å². The van der Waals surface area contributed by atoms with Gasteiger partial charge < -0.3 is 14.4 Å². The monoisotopic (exact) mass is 645 g/mol. The molecule has 0 spiro atoms. The first-order valence-corrected chi connectivity index (χ1v) is 16.6. The summed E-state index contributed by atoms with van der Waals surface area (Å²) in [6.07, 6.45) is 8.33. The number of unbranched alkanes of at least 4 members (excludes halogenated alkanes) is 4. The van der Waals surface area contributed by atoms with Gasteiger partial charge in [-0.25, -0.2) is 14.0 Å². The molecule has 0 unspecified atom stereocenters. The Kier molecular flexibility index (Phi) is 14.1. The number of carbonyl (C=O) groups is 1. The van der Waals surface area contributed by atoms with E-state index < -0.39 is 5.60 Å². The normalized spacial score (nSPS) is 17.9. The lowest BCUT2D eigenvalue weighted by Crippen LogP contribution is -2.49. The van der Waals surface area contributed by atoms with Crippen LogP contribution in [0.5, 0.6) is 0 Å². The Balaban J connectivity index is 0.00000552. The Bertz CT molecular complexity index is 1440. The van der Waals surface area contributed by atoms with Crippen LogP contribution in [0.4, 0.5) is 4.39 Å². The third-order valence-electron chi connectivity index (χ3n) is 9.32. The van der Waals surface area contributed by atoms with Crippen molar-refractivity contribution >= 4 is 29.4 Å². The average molecular weight is 646 g/mol. The van der Waals surface area contributed by atoms with E-state index >= 15 is 0 Å². The highest BCUT2D eigenvalue weighted by Crippen LogP contribution is 2.48. The number of rotatable bonds is 17. The van der Waals surface area contributed by atoms with E-state index in [0.717, 1.165) is 86.9 Å². The van der Waals surface area contributed by atoms with Gasteiger partial charge in [0.05, 0.1) is 11.0 Å². The summed E-state index contributed by atoms with van der Waals surface area (Å²) in [6.45, 7) is 9.64. The summed E-state index contributed by atoms with van der Waals surface area (Å²) in [6, 6.07) is 13.2. The molecule has 7 nitrogen and oxygen atoms in total. The number of imidazole rings is 1. The van der Waals surface area contributed by atoms with Gasteiger partial charge in [0.25, 0.3) is 0 Å². The molecule has 0 amide bonds. The highest BCUT2D eigenvalue weighted by Gasteiger charge is 2.47. The molecule has 0 N–H and O–H groups in total. The van der Waals surface area contributed by atoms with Gasteiger partial charge in [-0.05, 0) is 87.0 Å². The summed E-state index contributed by atoms with van der Waals surface area (Å²) >= 11 is 0. The van der Waals surface area contributed by atoms with E-state index in [1.165, 1.54) is 13.2 Å². The van der Waals surface area contributed by atoms with Crippen LogP contribution >= 0.6 is 12.4 Å². The first kappa shape index (κ1) is 36.8. The zero-order chi connectivity index (χ0) is 31.7. The maximum Gasteiger partial charge on any atom is 0.332 e. The van der Waals surface area contributed by atoms with E-state index in [4.69, 9.17) is 9.47 Å². The molecular weight excluding hydrogens is 593 g/mol. The van der Waals surface area contributed by atoms with Gasteiger partial charge in [-0.3, -0.25) is 9.13 Å². The second-order valence-electron chi connectivity index (χ2n) is 12.9. The highest BCUT2D eigenvalue weighted by molar-refractivity contribution is 5.85. The molecule has 2 atom stereocenters. The minimum Gasteiger partial charge on any atom is -0.457 e. The van der Waals surface area contributed by atoms with E-state index in [9.17, 15) is 14.0 Å². The minimum absolute atomic E-state index is 0. The van der Waals surface area contributed by atoms with Crippen molar-refractivity contribution in [1.29, 1.82) is 0 Å². The number of para-hydroxylation sites is 2. The zero-order valence-electron chi connectivity index (χ0n) is 27.9. The van der Waals surface area contributed by atoms with Crippen molar-refractivity contribution in [3.05, 3.63) is 69.9 Å². The lowest BCUT2D eigenvalue weighted by Gasteiger charge is -2.47. The van der Waals surface area contributed by atoms with Crippen LogP contribution in [0.25, 0.3) is 11.0 Å². The largest absolute Gasteiger partial charge is 0.457 e. The van der Waals surface area contributed by atoms with Crippen LogP contribution in [0.3, 0.4) is 0 Å². The van der Waals surface area contributed by atoms with Crippen molar-refractivity contribution in [1.82, 2.24) is 14.0 Å². The number of hydrogen-bond donors (Lipinski definition) is 0. The summed E-state index contributed by atoms with van der Waals surface area (Å²) in [4.78, 5) is 28.2. The molecule has 1 aliphatic rings. The van der Waals surface area contributed by atoms with Gasteiger partial charge >= 0.3 is 11.7 Å². The topological polar surface area (TPSA) is 65.7 Å². The van der Waals surface area contributed by atoms with Crippen LogP contribution in [0, 0.1) is 11.7 Å². The SMILES string of the molecule is CCCCn1c(=O)n(CCCCCCN(C)CC[C@@]2(OC(=O)COC)CCc3cc(F)ccc3[C@@H]2C(C)C)c2ccccc21.Cl. The Morgan fingerprint density at radius 3 is 2.33 bits per heavy atom. The van der Waals surface area contributed by atoms with Gasteiger partial charge in [-0.2, -0.15) is 0 Å². The van der Waals surface area contributed by atoms with Crippen molar-refractivity contribution in [2.24, 2.45) is 5.92 Å².